The van der Waals surface area contributed by atoms with Crippen LogP contribution in [-0.2, 0) is 4.79 Å². The Kier molecular flexibility index (Phi) is 14.8. The quantitative estimate of drug-likeness (QED) is 0.192. The van der Waals surface area contributed by atoms with Gasteiger partial charge in [0.2, 0.25) is 5.91 Å². The van der Waals surface area contributed by atoms with Gasteiger partial charge in [0.1, 0.15) is 0 Å². The van der Waals surface area contributed by atoms with Crippen LogP contribution in [0.3, 0.4) is 0 Å². The summed E-state index contributed by atoms with van der Waals surface area (Å²) >= 11 is 5.84. The van der Waals surface area contributed by atoms with Gasteiger partial charge in [-0.3, -0.25) is 4.79 Å². The van der Waals surface area contributed by atoms with Crippen molar-refractivity contribution in [1.29, 1.82) is 0 Å². The minimum atomic E-state index is -1.10. The van der Waals surface area contributed by atoms with Gasteiger partial charge in [0.05, 0.1) is 10.6 Å². The van der Waals surface area contributed by atoms with Crippen molar-refractivity contribution in [2.75, 3.05) is 5.32 Å². The number of anilines is 1. The van der Waals surface area contributed by atoms with Crippen LogP contribution >= 0.6 is 11.6 Å². The Balaban J connectivity index is 2.00. The van der Waals surface area contributed by atoms with Crippen molar-refractivity contribution in [2.24, 2.45) is 0 Å². The van der Waals surface area contributed by atoms with Gasteiger partial charge in [0, 0.05) is 12.1 Å². The Hall–Kier alpha value is -1.81. The zero-order valence-corrected chi connectivity index (χ0v) is 19.2. The number of hydrogen-bond donors (Lipinski definition) is 2. The fraction of sp³-hybridized carbons (Fsp3) is 0.600. The van der Waals surface area contributed by atoms with Gasteiger partial charge in [0.15, 0.2) is 0 Å². The topological polar surface area (TPSA) is 66.4 Å². The molecule has 2 N–H and O–H groups in total. The molecule has 0 aliphatic carbocycles. The third kappa shape index (κ3) is 12.7. The predicted molar refractivity (Wildman–Crippen MR) is 126 cm³/mol. The number of aromatic carboxylic acids is 1. The third-order valence-electron chi connectivity index (χ3n) is 5.15. The summed E-state index contributed by atoms with van der Waals surface area (Å²) in [6, 6.07) is 4.50. The van der Waals surface area contributed by atoms with E-state index in [0.29, 0.717) is 12.1 Å². The number of amides is 1. The summed E-state index contributed by atoms with van der Waals surface area (Å²) < 4.78 is 0. The molecule has 1 aromatic rings. The summed E-state index contributed by atoms with van der Waals surface area (Å²) in [7, 11) is 0. The molecular weight excluding hydrogens is 398 g/mol. The molecule has 0 radical (unpaired) electrons. The molecule has 0 saturated carbocycles. The van der Waals surface area contributed by atoms with E-state index in [1.54, 1.807) is 6.07 Å². The molecule has 0 heterocycles. The van der Waals surface area contributed by atoms with E-state index in [1.807, 2.05) is 0 Å². The van der Waals surface area contributed by atoms with Crippen LogP contribution in [0.2, 0.25) is 5.02 Å². The van der Waals surface area contributed by atoms with Crippen molar-refractivity contribution in [2.45, 2.75) is 96.8 Å². The number of nitrogens with one attached hydrogen (secondary N) is 1. The molecule has 5 heteroatoms. The molecule has 0 unspecified atom stereocenters. The number of unbranched alkanes of at least 4 members (excludes halogenated alkanes) is 11. The molecule has 1 aromatic carbocycles. The summed E-state index contributed by atoms with van der Waals surface area (Å²) in [5.41, 5.74) is 0.463. The molecule has 30 heavy (non-hydrogen) atoms. The molecule has 0 spiro atoms. The van der Waals surface area contributed by atoms with Crippen LogP contribution in [0.1, 0.15) is 107 Å². The van der Waals surface area contributed by atoms with Crippen molar-refractivity contribution in [1.82, 2.24) is 0 Å². The molecule has 0 atom stereocenters. The Morgan fingerprint density at radius 3 is 2.07 bits per heavy atom. The second kappa shape index (κ2) is 16.9. The summed E-state index contributed by atoms with van der Waals surface area (Å²) in [6.07, 6.45) is 21.0. The minimum Gasteiger partial charge on any atom is -0.478 e. The molecule has 0 aliphatic heterocycles. The van der Waals surface area contributed by atoms with Crippen molar-refractivity contribution < 1.29 is 14.7 Å². The summed E-state index contributed by atoms with van der Waals surface area (Å²) in [5, 5.41) is 12.0. The molecular formula is C25H38ClNO3. The smallest absolute Gasteiger partial charge is 0.337 e. The van der Waals surface area contributed by atoms with E-state index in [1.165, 1.54) is 69.9 Å². The van der Waals surface area contributed by atoms with Gasteiger partial charge in [0.25, 0.3) is 0 Å². The van der Waals surface area contributed by atoms with E-state index in [4.69, 9.17) is 16.7 Å². The lowest BCUT2D eigenvalue weighted by molar-refractivity contribution is -0.116. The first-order valence-corrected chi connectivity index (χ1v) is 11.9. The van der Waals surface area contributed by atoms with E-state index < -0.39 is 5.97 Å². The van der Waals surface area contributed by atoms with Crippen LogP contribution in [0.25, 0.3) is 0 Å². The van der Waals surface area contributed by atoms with Crippen LogP contribution in [0.15, 0.2) is 30.4 Å². The molecule has 0 aromatic heterocycles. The normalized spacial score (nSPS) is 11.1. The van der Waals surface area contributed by atoms with Crippen LogP contribution < -0.4 is 5.32 Å². The average molecular weight is 436 g/mol. The summed E-state index contributed by atoms with van der Waals surface area (Å²) in [4.78, 5) is 23.1. The zero-order chi connectivity index (χ0) is 22.0. The number of carboxylic acids is 1. The first-order valence-electron chi connectivity index (χ1n) is 11.5. The van der Waals surface area contributed by atoms with E-state index in [2.05, 4.69) is 24.4 Å². The average Bonchev–Trinajstić information content (AvgIpc) is 2.72. The standard InChI is InChI=1S/C25H38ClNO3/c1-2-3-4-5-6-7-8-9-10-11-12-13-14-15-16-17-24(28)27-21-18-19-23(26)22(20-21)25(29)30/h9-10,18-20H,2-8,11-17H2,1H3,(H,27,28)(H,29,30). The van der Waals surface area contributed by atoms with Crippen LogP contribution in [-0.4, -0.2) is 17.0 Å². The molecule has 1 rings (SSSR count). The van der Waals surface area contributed by atoms with Crippen molar-refractivity contribution in [3.8, 4) is 0 Å². The Morgan fingerprint density at radius 2 is 1.47 bits per heavy atom. The zero-order valence-electron chi connectivity index (χ0n) is 18.4. The van der Waals surface area contributed by atoms with E-state index in [-0.39, 0.29) is 16.5 Å². The number of carbonyl (C=O) groups excluding carboxylic acids is 1. The SMILES string of the molecule is CCCCCCCCC=CCCCCCCCC(=O)Nc1ccc(Cl)c(C(=O)O)c1. The predicted octanol–water partition coefficient (Wildman–Crippen LogP) is 8.01. The van der Waals surface area contributed by atoms with Crippen molar-refractivity contribution in [3.63, 3.8) is 0 Å². The lowest BCUT2D eigenvalue weighted by atomic mass is 10.1. The molecule has 0 bridgehead atoms. The van der Waals surface area contributed by atoms with Gasteiger partial charge in [-0.2, -0.15) is 0 Å². The lowest BCUT2D eigenvalue weighted by Gasteiger charge is -2.07. The highest BCUT2D eigenvalue weighted by Gasteiger charge is 2.10. The lowest BCUT2D eigenvalue weighted by Crippen LogP contribution is -2.11. The van der Waals surface area contributed by atoms with E-state index in [9.17, 15) is 9.59 Å². The summed E-state index contributed by atoms with van der Waals surface area (Å²) in [6.45, 7) is 2.25. The van der Waals surface area contributed by atoms with Gasteiger partial charge in [-0.15, -0.1) is 0 Å². The van der Waals surface area contributed by atoms with E-state index in [0.717, 1.165) is 25.7 Å². The second-order valence-electron chi connectivity index (χ2n) is 7.88. The van der Waals surface area contributed by atoms with Gasteiger partial charge < -0.3 is 10.4 Å². The Bertz CT molecular complexity index is 658. The third-order valence-corrected chi connectivity index (χ3v) is 5.48. The van der Waals surface area contributed by atoms with Crippen LogP contribution in [0.5, 0.6) is 0 Å². The first-order chi connectivity index (χ1) is 14.5. The van der Waals surface area contributed by atoms with E-state index >= 15 is 0 Å². The maximum Gasteiger partial charge on any atom is 0.337 e. The maximum absolute atomic E-state index is 12.0. The molecule has 1 amide bonds. The number of hydrogen-bond acceptors (Lipinski definition) is 2. The maximum atomic E-state index is 12.0. The number of benzene rings is 1. The van der Waals surface area contributed by atoms with Crippen LogP contribution in [0, 0.1) is 0 Å². The number of rotatable bonds is 17. The van der Waals surface area contributed by atoms with Gasteiger partial charge in [-0.1, -0.05) is 82.0 Å². The van der Waals surface area contributed by atoms with Gasteiger partial charge in [-0.25, -0.2) is 4.79 Å². The van der Waals surface area contributed by atoms with Gasteiger partial charge in [-0.05, 0) is 50.3 Å². The summed E-state index contributed by atoms with van der Waals surface area (Å²) in [5.74, 6) is -1.19. The monoisotopic (exact) mass is 435 g/mol. The Labute approximate surface area is 187 Å². The highest BCUT2D eigenvalue weighted by Crippen LogP contribution is 2.21. The minimum absolute atomic E-state index is 0.00418. The highest BCUT2D eigenvalue weighted by atomic mass is 35.5. The number of carbonyl (C=O) groups is 2. The fourth-order valence-corrected chi connectivity index (χ4v) is 3.55. The molecule has 0 saturated heterocycles. The first kappa shape index (κ1) is 26.2. The Morgan fingerprint density at radius 1 is 0.900 bits per heavy atom. The number of allylic oxidation sites excluding steroid dienone is 2. The molecule has 168 valence electrons. The number of carboxylic acid groups (broad SMARTS) is 1. The molecule has 4 nitrogen and oxygen atoms in total. The highest BCUT2D eigenvalue weighted by molar-refractivity contribution is 6.33. The van der Waals surface area contributed by atoms with Crippen LogP contribution in [0.4, 0.5) is 5.69 Å². The molecule has 0 fully saturated rings. The molecule has 0 aliphatic rings. The van der Waals surface area contributed by atoms with Crippen molar-refractivity contribution >= 4 is 29.2 Å². The van der Waals surface area contributed by atoms with Crippen molar-refractivity contribution in [3.05, 3.63) is 40.9 Å². The largest absolute Gasteiger partial charge is 0.478 e. The number of halogens is 1. The van der Waals surface area contributed by atoms with Gasteiger partial charge >= 0.3 is 5.97 Å². The second-order valence-corrected chi connectivity index (χ2v) is 8.29. The fourth-order valence-electron chi connectivity index (χ4n) is 3.35.